The van der Waals surface area contributed by atoms with Gasteiger partial charge >= 0.3 is 0 Å². The van der Waals surface area contributed by atoms with Gasteiger partial charge in [-0.15, -0.1) is 0 Å². The van der Waals surface area contributed by atoms with Gasteiger partial charge in [0.1, 0.15) is 11.5 Å². The van der Waals surface area contributed by atoms with Gasteiger partial charge in [0.05, 0.1) is 12.8 Å². The minimum absolute atomic E-state index is 0.00350. The highest BCUT2D eigenvalue weighted by molar-refractivity contribution is 5.98. The van der Waals surface area contributed by atoms with Crippen LogP contribution in [0.3, 0.4) is 0 Å². The molecule has 2 aromatic carbocycles. The van der Waals surface area contributed by atoms with Crippen LogP contribution >= 0.6 is 0 Å². The highest BCUT2D eigenvalue weighted by Crippen LogP contribution is 2.32. The van der Waals surface area contributed by atoms with Gasteiger partial charge in [-0.1, -0.05) is 18.2 Å². The van der Waals surface area contributed by atoms with Gasteiger partial charge in [0.15, 0.2) is 6.61 Å². The van der Waals surface area contributed by atoms with Crippen LogP contribution in [0, 0.1) is 6.92 Å². The third kappa shape index (κ3) is 4.14. The van der Waals surface area contributed by atoms with E-state index in [1.165, 1.54) is 0 Å². The van der Waals surface area contributed by atoms with Crippen molar-refractivity contribution in [2.24, 2.45) is 0 Å². The minimum atomic E-state index is -0.133. The fourth-order valence-electron chi connectivity index (χ4n) is 2.80. The third-order valence-corrected chi connectivity index (χ3v) is 4.27. The second-order valence-electron chi connectivity index (χ2n) is 6.18. The van der Waals surface area contributed by atoms with E-state index in [0.29, 0.717) is 18.8 Å². The number of nitrogens with one attached hydrogen (secondary N) is 1. The van der Waals surface area contributed by atoms with Crippen molar-refractivity contribution in [1.82, 2.24) is 5.32 Å². The van der Waals surface area contributed by atoms with Gasteiger partial charge in [0.2, 0.25) is 5.91 Å². The van der Waals surface area contributed by atoms with Gasteiger partial charge < -0.3 is 19.7 Å². The lowest BCUT2D eigenvalue weighted by Crippen LogP contribution is -2.41. The summed E-state index contributed by atoms with van der Waals surface area (Å²) < 4.78 is 10.6. The van der Waals surface area contributed by atoms with Crippen LogP contribution in [0.5, 0.6) is 11.5 Å². The molecular weight excluding hydrogens is 332 g/mol. The lowest BCUT2D eigenvalue weighted by atomic mass is 10.1. The monoisotopic (exact) mass is 354 g/mol. The van der Waals surface area contributed by atoms with Crippen molar-refractivity contribution in [1.29, 1.82) is 0 Å². The van der Waals surface area contributed by atoms with Crippen LogP contribution in [0.1, 0.15) is 17.5 Å². The minimum Gasteiger partial charge on any atom is -0.497 e. The average molecular weight is 354 g/mol. The fourth-order valence-corrected chi connectivity index (χ4v) is 2.80. The van der Waals surface area contributed by atoms with Crippen LogP contribution < -0.4 is 19.7 Å². The zero-order valence-electron chi connectivity index (χ0n) is 15.0. The summed E-state index contributed by atoms with van der Waals surface area (Å²) in [5.41, 5.74) is 2.75. The highest BCUT2D eigenvalue weighted by atomic mass is 16.5. The fraction of sp³-hybridized carbons (Fsp3) is 0.300. The van der Waals surface area contributed by atoms with Gasteiger partial charge in [-0.3, -0.25) is 9.59 Å². The zero-order valence-corrected chi connectivity index (χ0v) is 15.0. The Morgan fingerprint density at radius 1 is 1.23 bits per heavy atom. The summed E-state index contributed by atoms with van der Waals surface area (Å²) in [7, 11) is 1.61. The first-order valence-electron chi connectivity index (χ1n) is 8.50. The molecule has 0 atom stereocenters. The normalized spacial score (nSPS) is 13.0. The van der Waals surface area contributed by atoms with Crippen LogP contribution in [-0.2, 0) is 16.1 Å². The maximum Gasteiger partial charge on any atom is 0.265 e. The van der Waals surface area contributed by atoms with Crippen LogP contribution in [0.4, 0.5) is 5.69 Å². The number of nitrogens with zero attached hydrogens (tertiary/aromatic N) is 1. The zero-order chi connectivity index (χ0) is 18.5. The first-order valence-corrected chi connectivity index (χ1v) is 8.50. The van der Waals surface area contributed by atoms with E-state index in [1.54, 1.807) is 12.0 Å². The van der Waals surface area contributed by atoms with Crippen LogP contribution in [0.15, 0.2) is 42.5 Å². The molecule has 3 rings (SSSR count). The van der Waals surface area contributed by atoms with Gasteiger partial charge in [-0.25, -0.2) is 0 Å². The molecule has 0 fully saturated rings. The van der Waals surface area contributed by atoms with Gasteiger partial charge in [0.25, 0.3) is 5.91 Å². The van der Waals surface area contributed by atoms with Gasteiger partial charge in [-0.05, 0) is 42.3 Å². The van der Waals surface area contributed by atoms with Crippen molar-refractivity contribution in [3.05, 3.63) is 53.6 Å². The Morgan fingerprint density at radius 2 is 2.00 bits per heavy atom. The number of anilines is 1. The molecule has 0 bridgehead atoms. The molecule has 2 aromatic rings. The first kappa shape index (κ1) is 17.8. The lowest BCUT2D eigenvalue weighted by Gasteiger charge is -2.29. The maximum absolute atomic E-state index is 12.2. The van der Waals surface area contributed by atoms with E-state index < -0.39 is 0 Å². The van der Waals surface area contributed by atoms with Crippen molar-refractivity contribution in [2.75, 3.05) is 25.2 Å². The SMILES string of the molecule is COc1ccc(CNC(=O)CCN2C(=O)COc3ccc(C)cc32)cc1. The number of methoxy groups -OCH3 is 1. The number of hydrogen-bond acceptors (Lipinski definition) is 4. The molecule has 0 saturated heterocycles. The van der Waals surface area contributed by atoms with Crippen LogP contribution in [0.2, 0.25) is 0 Å². The highest BCUT2D eigenvalue weighted by Gasteiger charge is 2.25. The molecule has 1 heterocycles. The van der Waals surface area contributed by atoms with E-state index in [-0.39, 0.29) is 24.8 Å². The molecule has 0 spiro atoms. The molecule has 1 N–H and O–H groups in total. The van der Waals surface area contributed by atoms with E-state index in [2.05, 4.69) is 5.32 Å². The third-order valence-electron chi connectivity index (χ3n) is 4.27. The van der Waals surface area contributed by atoms with Crippen molar-refractivity contribution in [3.63, 3.8) is 0 Å². The summed E-state index contributed by atoms with van der Waals surface area (Å²) in [5.74, 6) is 1.22. The topological polar surface area (TPSA) is 67.9 Å². The van der Waals surface area contributed by atoms with Crippen LogP contribution in [0.25, 0.3) is 0 Å². The number of benzene rings is 2. The summed E-state index contributed by atoms with van der Waals surface area (Å²) in [6, 6.07) is 13.2. The molecule has 0 unspecified atom stereocenters. The van der Waals surface area contributed by atoms with Crippen molar-refractivity contribution in [3.8, 4) is 11.5 Å². The molecule has 6 nitrogen and oxygen atoms in total. The molecule has 1 aliphatic heterocycles. The molecule has 0 saturated carbocycles. The summed E-state index contributed by atoms with van der Waals surface area (Å²) in [4.78, 5) is 26.0. The van der Waals surface area contributed by atoms with Gasteiger partial charge in [0, 0.05) is 19.5 Å². The molecule has 2 amide bonds. The second kappa shape index (κ2) is 7.91. The van der Waals surface area contributed by atoms with E-state index >= 15 is 0 Å². The summed E-state index contributed by atoms with van der Waals surface area (Å²) in [6.07, 6.45) is 0.231. The lowest BCUT2D eigenvalue weighted by molar-refractivity contribution is -0.122. The Hall–Kier alpha value is -3.02. The first-order chi connectivity index (χ1) is 12.6. The Labute approximate surface area is 152 Å². The summed E-state index contributed by atoms with van der Waals surface area (Å²) >= 11 is 0. The Kier molecular flexibility index (Phi) is 5.41. The largest absolute Gasteiger partial charge is 0.497 e. The number of hydrogen-bond donors (Lipinski definition) is 1. The number of fused-ring (bicyclic) bond motifs is 1. The van der Waals surface area contributed by atoms with E-state index in [1.807, 2.05) is 49.4 Å². The van der Waals surface area contributed by atoms with E-state index in [0.717, 1.165) is 22.6 Å². The molecule has 136 valence electrons. The quantitative estimate of drug-likeness (QED) is 0.865. The molecule has 1 aliphatic rings. The number of aryl methyl sites for hydroxylation is 1. The summed E-state index contributed by atoms with van der Waals surface area (Å²) in [5, 5.41) is 2.88. The molecule has 26 heavy (non-hydrogen) atoms. The smallest absolute Gasteiger partial charge is 0.265 e. The number of ether oxygens (including phenoxy) is 2. The number of rotatable bonds is 6. The molecular formula is C20H22N2O4. The molecule has 0 radical (unpaired) electrons. The second-order valence-corrected chi connectivity index (χ2v) is 6.18. The number of carbonyl (C=O) groups is 2. The molecule has 0 aromatic heterocycles. The predicted molar refractivity (Wildman–Crippen MR) is 98.5 cm³/mol. The van der Waals surface area contributed by atoms with E-state index in [9.17, 15) is 9.59 Å². The van der Waals surface area contributed by atoms with Crippen molar-refractivity contribution >= 4 is 17.5 Å². The molecule has 6 heteroatoms. The maximum atomic E-state index is 12.2. The Bertz CT molecular complexity index is 802. The standard InChI is InChI=1S/C20H22N2O4/c1-14-3-8-18-17(11-14)22(20(24)13-26-18)10-9-19(23)21-12-15-4-6-16(25-2)7-5-15/h3-8,11H,9-10,12-13H2,1-2H3,(H,21,23). The average Bonchev–Trinajstić information content (AvgIpc) is 2.66. The van der Waals surface area contributed by atoms with E-state index in [4.69, 9.17) is 9.47 Å². The van der Waals surface area contributed by atoms with Gasteiger partial charge in [-0.2, -0.15) is 0 Å². The molecule has 0 aliphatic carbocycles. The van der Waals surface area contributed by atoms with Crippen molar-refractivity contribution in [2.45, 2.75) is 19.9 Å². The van der Waals surface area contributed by atoms with Crippen molar-refractivity contribution < 1.29 is 19.1 Å². The number of carbonyl (C=O) groups excluding carboxylic acids is 2. The Morgan fingerprint density at radius 3 is 2.73 bits per heavy atom. The van der Waals surface area contributed by atoms with Crippen LogP contribution in [-0.4, -0.2) is 32.1 Å². The predicted octanol–water partition coefficient (Wildman–Crippen LogP) is 2.44. The summed E-state index contributed by atoms with van der Waals surface area (Å²) in [6.45, 7) is 2.73. The Balaban J connectivity index is 1.55. The number of amides is 2.